The third-order valence-electron chi connectivity index (χ3n) is 4.86. The molecule has 2 aliphatic rings. The molecule has 138 valence electrons. The van der Waals surface area contributed by atoms with Gasteiger partial charge >= 0.3 is 12.3 Å². The molecule has 1 saturated heterocycles. The molecule has 1 amide bonds. The van der Waals surface area contributed by atoms with E-state index >= 15 is 0 Å². The fraction of sp³-hybridized carbons (Fsp3) is 0.882. The normalized spacial score (nSPS) is 26.5. The molecule has 1 saturated carbocycles. The van der Waals surface area contributed by atoms with Crippen LogP contribution >= 0.6 is 0 Å². The number of ketones is 1. The van der Waals surface area contributed by atoms with Crippen molar-refractivity contribution in [1.82, 2.24) is 4.90 Å². The molecule has 2 rings (SSSR count). The first-order chi connectivity index (χ1) is 11.0. The lowest BCUT2D eigenvalue weighted by Crippen LogP contribution is -2.47. The Labute approximate surface area is 140 Å². The van der Waals surface area contributed by atoms with Crippen LogP contribution in [0.5, 0.6) is 0 Å². The van der Waals surface area contributed by atoms with Crippen LogP contribution in [0.4, 0.5) is 18.0 Å². The van der Waals surface area contributed by atoms with Crippen molar-refractivity contribution >= 4 is 11.9 Å². The minimum Gasteiger partial charge on any atom is -0.444 e. The first-order valence-electron chi connectivity index (χ1n) is 8.59. The summed E-state index contributed by atoms with van der Waals surface area (Å²) in [7, 11) is 0. The van der Waals surface area contributed by atoms with Crippen molar-refractivity contribution in [3.05, 3.63) is 0 Å². The Morgan fingerprint density at radius 3 is 2.08 bits per heavy atom. The fourth-order valence-corrected chi connectivity index (χ4v) is 3.78. The Bertz CT molecular complexity index is 478. The van der Waals surface area contributed by atoms with Gasteiger partial charge in [0.2, 0.25) is 0 Å². The van der Waals surface area contributed by atoms with E-state index in [-0.39, 0.29) is 24.8 Å². The van der Waals surface area contributed by atoms with Crippen molar-refractivity contribution in [2.75, 3.05) is 6.54 Å². The number of carbonyl (C=O) groups excluding carboxylic acids is 2. The van der Waals surface area contributed by atoms with E-state index in [4.69, 9.17) is 4.74 Å². The molecule has 0 N–H and O–H groups in total. The third-order valence-corrected chi connectivity index (χ3v) is 4.86. The predicted molar refractivity (Wildman–Crippen MR) is 82.5 cm³/mol. The van der Waals surface area contributed by atoms with Gasteiger partial charge in [-0.05, 0) is 39.0 Å². The molecule has 7 heteroatoms. The van der Waals surface area contributed by atoms with E-state index in [1.54, 1.807) is 20.8 Å². The van der Waals surface area contributed by atoms with Crippen LogP contribution in [-0.4, -0.2) is 41.1 Å². The van der Waals surface area contributed by atoms with Gasteiger partial charge in [-0.1, -0.05) is 32.1 Å². The van der Waals surface area contributed by atoms with Gasteiger partial charge in [-0.2, -0.15) is 13.2 Å². The standard InChI is InChI=1S/C17H26F3NO3/c1-16(2,3)24-15(23)21-10-12(11-7-5-4-6-8-11)9-13(21)14(22)17(18,19)20/h11-13H,4-10H2,1-3H3/t12-,13+/m1/s1. The molecular formula is C17H26F3NO3. The number of hydrogen-bond acceptors (Lipinski definition) is 3. The summed E-state index contributed by atoms with van der Waals surface area (Å²) < 4.78 is 44.0. The van der Waals surface area contributed by atoms with Gasteiger partial charge in [-0.25, -0.2) is 4.79 Å². The zero-order valence-electron chi connectivity index (χ0n) is 14.5. The van der Waals surface area contributed by atoms with Crippen LogP contribution in [0.15, 0.2) is 0 Å². The maximum Gasteiger partial charge on any atom is 0.452 e. The molecule has 0 unspecified atom stereocenters. The van der Waals surface area contributed by atoms with Gasteiger partial charge in [0.15, 0.2) is 0 Å². The van der Waals surface area contributed by atoms with Crippen LogP contribution in [0.1, 0.15) is 59.3 Å². The van der Waals surface area contributed by atoms with Crippen LogP contribution in [-0.2, 0) is 9.53 Å². The lowest BCUT2D eigenvalue weighted by Gasteiger charge is -2.29. The van der Waals surface area contributed by atoms with E-state index in [2.05, 4.69) is 0 Å². The zero-order valence-corrected chi connectivity index (χ0v) is 14.5. The summed E-state index contributed by atoms with van der Waals surface area (Å²) in [5.41, 5.74) is -0.814. The van der Waals surface area contributed by atoms with Crippen molar-refractivity contribution in [2.24, 2.45) is 11.8 Å². The van der Waals surface area contributed by atoms with Crippen LogP contribution in [0.3, 0.4) is 0 Å². The number of ether oxygens (including phenoxy) is 1. The van der Waals surface area contributed by atoms with Crippen molar-refractivity contribution in [1.29, 1.82) is 0 Å². The SMILES string of the molecule is CC(C)(C)OC(=O)N1C[C@H](C2CCCCC2)C[C@H]1C(=O)C(F)(F)F. The number of likely N-dealkylation sites (tertiary alicyclic amines) is 1. The number of Topliss-reactive ketones (excluding diaryl/α,β-unsaturated/α-hetero) is 1. The lowest BCUT2D eigenvalue weighted by molar-refractivity contribution is -0.175. The number of amides is 1. The van der Waals surface area contributed by atoms with E-state index in [1.807, 2.05) is 0 Å². The Morgan fingerprint density at radius 1 is 1.00 bits per heavy atom. The number of alkyl halides is 3. The van der Waals surface area contributed by atoms with E-state index < -0.39 is 29.7 Å². The van der Waals surface area contributed by atoms with Gasteiger partial charge in [0.1, 0.15) is 11.6 Å². The highest BCUT2D eigenvalue weighted by Gasteiger charge is 2.52. The molecule has 4 nitrogen and oxygen atoms in total. The largest absolute Gasteiger partial charge is 0.452 e. The summed E-state index contributed by atoms with van der Waals surface area (Å²) in [4.78, 5) is 25.1. The van der Waals surface area contributed by atoms with Crippen LogP contribution in [0, 0.1) is 11.8 Å². The highest BCUT2D eigenvalue weighted by Crippen LogP contribution is 2.39. The fourth-order valence-electron chi connectivity index (χ4n) is 3.78. The molecular weight excluding hydrogens is 323 g/mol. The minimum atomic E-state index is -4.94. The van der Waals surface area contributed by atoms with Crippen LogP contribution in [0.25, 0.3) is 0 Å². The second-order valence-corrected chi connectivity index (χ2v) is 7.90. The van der Waals surface area contributed by atoms with Gasteiger partial charge in [0.25, 0.3) is 5.78 Å². The van der Waals surface area contributed by atoms with Gasteiger partial charge < -0.3 is 4.74 Å². The minimum absolute atomic E-state index is 0.0610. The Balaban J connectivity index is 2.16. The number of carbonyl (C=O) groups is 2. The molecule has 0 aromatic heterocycles. The monoisotopic (exact) mass is 349 g/mol. The Hall–Kier alpha value is -1.27. The average molecular weight is 349 g/mol. The van der Waals surface area contributed by atoms with Crippen molar-refractivity contribution in [2.45, 2.75) is 77.1 Å². The third kappa shape index (κ3) is 4.63. The second-order valence-electron chi connectivity index (χ2n) is 7.90. The topological polar surface area (TPSA) is 46.6 Å². The number of halogens is 3. The molecule has 0 aromatic rings. The molecule has 0 radical (unpaired) electrons. The average Bonchev–Trinajstić information content (AvgIpc) is 2.89. The maximum absolute atomic E-state index is 12.9. The lowest BCUT2D eigenvalue weighted by atomic mass is 9.79. The summed E-state index contributed by atoms with van der Waals surface area (Å²) >= 11 is 0. The van der Waals surface area contributed by atoms with Crippen LogP contribution in [0.2, 0.25) is 0 Å². The van der Waals surface area contributed by atoms with E-state index in [9.17, 15) is 22.8 Å². The highest BCUT2D eigenvalue weighted by atomic mass is 19.4. The van der Waals surface area contributed by atoms with E-state index in [0.717, 1.165) is 37.0 Å². The molecule has 1 heterocycles. The second kappa shape index (κ2) is 6.92. The van der Waals surface area contributed by atoms with E-state index in [1.165, 1.54) is 0 Å². The van der Waals surface area contributed by atoms with Crippen molar-refractivity contribution in [3.63, 3.8) is 0 Å². The smallest absolute Gasteiger partial charge is 0.444 e. The summed E-state index contributed by atoms with van der Waals surface area (Å²) in [5, 5.41) is 0. The molecule has 1 aliphatic heterocycles. The summed E-state index contributed by atoms with van der Waals surface area (Å²) in [6, 6.07) is -1.45. The number of hydrogen-bond donors (Lipinski definition) is 0. The molecule has 2 fully saturated rings. The van der Waals surface area contributed by atoms with Gasteiger partial charge in [0, 0.05) is 6.54 Å². The van der Waals surface area contributed by atoms with Crippen molar-refractivity contribution in [3.8, 4) is 0 Å². The quantitative estimate of drug-likeness (QED) is 0.746. The van der Waals surface area contributed by atoms with Crippen molar-refractivity contribution < 1.29 is 27.5 Å². The molecule has 2 atom stereocenters. The maximum atomic E-state index is 12.9. The molecule has 0 bridgehead atoms. The molecule has 0 spiro atoms. The van der Waals surface area contributed by atoms with Crippen LogP contribution < -0.4 is 0 Å². The molecule has 0 aromatic carbocycles. The summed E-state index contributed by atoms with van der Waals surface area (Å²) in [6.45, 7) is 5.13. The van der Waals surface area contributed by atoms with E-state index in [0.29, 0.717) is 0 Å². The highest BCUT2D eigenvalue weighted by molar-refractivity contribution is 5.92. The van der Waals surface area contributed by atoms with Gasteiger partial charge in [0.05, 0.1) is 0 Å². The molecule has 24 heavy (non-hydrogen) atoms. The zero-order chi connectivity index (χ0) is 18.1. The predicted octanol–water partition coefficient (Wildman–Crippen LogP) is 4.32. The summed E-state index contributed by atoms with van der Waals surface area (Å²) in [5.74, 6) is -1.62. The van der Waals surface area contributed by atoms with Gasteiger partial charge in [-0.3, -0.25) is 9.69 Å². The number of nitrogens with zero attached hydrogens (tertiary/aromatic N) is 1. The molecule has 1 aliphatic carbocycles. The van der Waals surface area contributed by atoms with Gasteiger partial charge in [-0.15, -0.1) is 0 Å². The Morgan fingerprint density at radius 2 is 1.58 bits per heavy atom. The Kier molecular flexibility index (Phi) is 5.50. The summed E-state index contributed by atoms with van der Waals surface area (Å²) in [6.07, 6.45) is -0.502. The first kappa shape index (κ1) is 19.1. The number of rotatable bonds is 2. The first-order valence-corrected chi connectivity index (χ1v) is 8.59.